The Kier molecular flexibility index (Phi) is 6.36. The molecule has 0 saturated carbocycles. The predicted octanol–water partition coefficient (Wildman–Crippen LogP) is 5.45. The molecule has 1 amide bonds. The van der Waals surface area contributed by atoms with Gasteiger partial charge in [0.1, 0.15) is 5.75 Å². The number of anilines is 3. The maximum absolute atomic E-state index is 13.0. The molecule has 0 aliphatic carbocycles. The van der Waals surface area contributed by atoms with E-state index in [-0.39, 0.29) is 17.7 Å². The number of phenolic OH excluding ortho intramolecular Hbond substituents is 1. The van der Waals surface area contributed by atoms with Gasteiger partial charge in [-0.2, -0.15) is 0 Å². The van der Waals surface area contributed by atoms with Gasteiger partial charge in [-0.25, -0.2) is 9.97 Å². The summed E-state index contributed by atoms with van der Waals surface area (Å²) in [5, 5.41) is 17.8. The highest BCUT2D eigenvalue weighted by Gasteiger charge is 2.15. The van der Waals surface area contributed by atoms with Gasteiger partial charge in [-0.05, 0) is 68.3 Å². The summed E-state index contributed by atoms with van der Waals surface area (Å²) < 4.78 is 0. The van der Waals surface area contributed by atoms with Crippen LogP contribution < -0.4 is 15.5 Å². The molecule has 3 N–H and O–H groups in total. The number of fused-ring (bicyclic) bond motifs is 1. The van der Waals surface area contributed by atoms with E-state index in [1.165, 1.54) is 0 Å². The maximum Gasteiger partial charge on any atom is 0.255 e. The molecule has 0 aliphatic heterocycles. The van der Waals surface area contributed by atoms with Crippen LogP contribution in [0.25, 0.3) is 22.0 Å². The van der Waals surface area contributed by atoms with Crippen LogP contribution in [0.15, 0.2) is 60.8 Å². The van der Waals surface area contributed by atoms with Gasteiger partial charge in [-0.1, -0.05) is 12.1 Å². The van der Waals surface area contributed by atoms with Crippen LogP contribution in [-0.2, 0) is 0 Å². The van der Waals surface area contributed by atoms with Crippen LogP contribution in [-0.4, -0.2) is 41.1 Å². The van der Waals surface area contributed by atoms with Gasteiger partial charge in [0.15, 0.2) is 0 Å². The van der Waals surface area contributed by atoms with Gasteiger partial charge in [-0.15, -0.1) is 0 Å². The molecule has 34 heavy (non-hydrogen) atoms. The van der Waals surface area contributed by atoms with E-state index in [9.17, 15) is 9.90 Å². The van der Waals surface area contributed by atoms with Gasteiger partial charge >= 0.3 is 0 Å². The van der Waals surface area contributed by atoms with E-state index in [2.05, 4.69) is 20.6 Å². The Balaban J connectivity index is 1.67. The van der Waals surface area contributed by atoms with Crippen molar-refractivity contribution in [2.24, 2.45) is 0 Å². The summed E-state index contributed by atoms with van der Waals surface area (Å²) >= 11 is 0. The second-order valence-electron chi connectivity index (χ2n) is 8.85. The molecule has 174 valence electrons. The third-order valence-corrected chi connectivity index (χ3v) is 5.53. The molecular weight excluding hydrogens is 426 g/mol. The quantitative estimate of drug-likeness (QED) is 0.358. The average molecular weight is 456 g/mol. The molecule has 0 spiro atoms. The second kappa shape index (κ2) is 9.39. The smallest absolute Gasteiger partial charge is 0.255 e. The van der Waals surface area contributed by atoms with Crippen molar-refractivity contribution >= 4 is 34.1 Å². The molecule has 1 aromatic heterocycles. The minimum atomic E-state index is -0.217. The van der Waals surface area contributed by atoms with E-state index in [1.54, 1.807) is 24.4 Å². The number of rotatable bonds is 6. The summed E-state index contributed by atoms with van der Waals surface area (Å²) in [5.74, 6) is 0.397. The monoisotopic (exact) mass is 455 g/mol. The Morgan fingerprint density at radius 1 is 1.03 bits per heavy atom. The Morgan fingerprint density at radius 2 is 1.82 bits per heavy atom. The molecular formula is C27H29N5O2. The largest absolute Gasteiger partial charge is 0.507 e. The number of benzene rings is 3. The standard InChI is InChI=1S/C27H29N5O2/c1-16(2)29-27-28-15-19-12-23(25(33)14-24(19)31-27)22-11-18(10-9-17(22)3)26(34)30-20-7-6-8-21(13-20)32(4)5/h6-16,33H,1-5H3,(H,30,34)(H,28,29,31). The Bertz CT molecular complexity index is 1360. The van der Waals surface area contributed by atoms with Crippen molar-refractivity contribution in [1.82, 2.24) is 9.97 Å². The minimum absolute atomic E-state index is 0.0982. The lowest BCUT2D eigenvalue weighted by Crippen LogP contribution is -2.13. The molecule has 0 unspecified atom stereocenters. The van der Waals surface area contributed by atoms with Gasteiger partial charge < -0.3 is 20.6 Å². The van der Waals surface area contributed by atoms with E-state index in [4.69, 9.17) is 0 Å². The molecule has 0 radical (unpaired) electrons. The fraction of sp³-hybridized carbons (Fsp3) is 0.222. The van der Waals surface area contributed by atoms with E-state index in [0.717, 1.165) is 27.9 Å². The fourth-order valence-electron chi connectivity index (χ4n) is 3.73. The topological polar surface area (TPSA) is 90.4 Å². The second-order valence-corrected chi connectivity index (χ2v) is 8.85. The van der Waals surface area contributed by atoms with Crippen molar-refractivity contribution in [2.75, 3.05) is 29.6 Å². The summed E-state index contributed by atoms with van der Waals surface area (Å²) in [4.78, 5) is 23.8. The van der Waals surface area contributed by atoms with Crippen LogP contribution in [0.5, 0.6) is 5.75 Å². The zero-order chi connectivity index (χ0) is 24.4. The van der Waals surface area contributed by atoms with E-state index < -0.39 is 0 Å². The van der Waals surface area contributed by atoms with E-state index in [1.807, 2.05) is 76.2 Å². The lowest BCUT2D eigenvalue weighted by atomic mass is 9.96. The molecule has 0 saturated heterocycles. The molecule has 4 aromatic rings. The van der Waals surface area contributed by atoms with Crippen molar-refractivity contribution < 1.29 is 9.90 Å². The Hall–Kier alpha value is -4.13. The Labute approximate surface area is 199 Å². The third-order valence-electron chi connectivity index (χ3n) is 5.53. The lowest BCUT2D eigenvalue weighted by molar-refractivity contribution is 0.102. The van der Waals surface area contributed by atoms with Crippen molar-refractivity contribution in [3.05, 3.63) is 71.9 Å². The molecule has 0 bridgehead atoms. The molecule has 0 atom stereocenters. The van der Waals surface area contributed by atoms with Crippen molar-refractivity contribution in [3.63, 3.8) is 0 Å². The first-order chi connectivity index (χ1) is 16.2. The number of amides is 1. The number of hydrogen-bond donors (Lipinski definition) is 3. The highest BCUT2D eigenvalue weighted by Crippen LogP contribution is 2.35. The fourth-order valence-corrected chi connectivity index (χ4v) is 3.73. The summed E-state index contributed by atoms with van der Waals surface area (Å²) in [6, 6.07) is 16.8. The van der Waals surface area contributed by atoms with Crippen molar-refractivity contribution in [1.29, 1.82) is 0 Å². The number of carbonyl (C=O) groups is 1. The van der Waals surface area contributed by atoms with Gasteiger partial charge in [0.05, 0.1) is 5.52 Å². The van der Waals surface area contributed by atoms with Gasteiger partial charge in [0.25, 0.3) is 5.91 Å². The number of nitrogens with zero attached hydrogens (tertiary/aromatic N) is 3. The molecule has 7 heteroatoms. The van der Waals surface area contributed by atoms with E-state index in [0.29, 0.717) is 22.6 Å². The highest BCUT2D eigenvalue weighted by molar-refractivity contribution is 6.05. The molecule has 3 aromatic carbocycles. The van der Waals surface area contributed by atoms with Crippen molar-refractivity contribution in [2.45, 2.75) is 26.8 Å². The normalized spacial score (nSPS) is 11.0. The molecule has 0 aliphatic rings. The number of aromatic nitrogens is 2. The molecule has 1 heterocycles. The van der Waals surface area contributed by atoms with Crippen LogP contribution in [0.3, 0.4) is 0 Å². The zero-order valence-electron chi connectivity index (χ0n) is 20.0. The number of phenols is 1. The summed E-state index contributed by atoms with van der Waals surface area (Å²) in [6.07, 6.45) is 1.74. The lowest BCUT2D eigenvalue weighted by Gasteiger charge is -2.15. The molecule has 0 fully saturated rings. The van der Waals surface area contributed by atoms with Gasteiger partial charge in [0, 0.05) is 60.3 Å². The number of aryl methyl sites for hydroxylation is 1. The number of hydrogen-bond acceptors (Lipinski definition) is 6. The first kappa shape index (κ1) is 23.0. The van der Waals surface area contributed by atoms with Crippen LogP contribution in [0.1, 0.15) is 29.8 Å². The van der Waals surface area contributed by atoms with Crippen LogP contribution in [0.2, 0.25) is 0 Å². The van der Waals surface area contributed by atoms with Crippen LogP contribution in [0, 0.1) is 6.92 Å². The number of aromatic hydroxyl groups is 1. The molecule has 4 rings (SSSR count). The highest BCUT2D eigenvalue weighted by atomic mass is 16.3. The third kappa shape index (κ3) is 4.93. The predicted molar refractivity (Wildman–Crippen MR) is 139 cm³/mol. The zero-order valence-corrected chi connectivity index (χ0v) is 20.0. The van der Waals surface area contributed by atoms with Crippen molar-refractivity contribution in [3.8, 4) is 16.9 Å². The maximum atomic E-state index is 13.0. The molecule has 7 nitrogen and oxygen atoms in total. The number of nitrogens with one attached hydrogen (secondary N) is 2. The van der Waals surface area contributed by atoms with Crippen LogP contribution in [0.4, 0.5) is 17.3 Å². The average Bonchev–Trinajstić information content (AvgIpc) is 2.79. The van der Waals surface area contributed by atoms with Gasteiger partial charge in [-0.3, -0.25) is 4.79 Å². The minimum Gasteiger partial charge on any atom is -0.507 e. The van der Waals surface area contributed by atoms with E-state index >= 15 is 0 Å². The first-order valence-corrected chi connectivity index (χ1v) is 11.2. The first-order valence-electron chi connectivity index (χ1n) is 11.2. The summed E-state index contributed by atoms with van der Waals surface area (Å²) in [5.41, 5.74) is 5.21. The SMILES string of the molecule is Cc1ccc(C(=O)Nc2cccc(N(C)C)c2)cc1-c1cc2cnc(NC(C)C)nc2cc1O. The summed E-state index contributed by atoms with van der Waals surface area (Å²) in [7, 11) is 3.91. The Morgan fingerprint density at radius 3 is 2.56 bits per heavy atom. The van der Waals surface area contributed by atoms with Gasteiger partial charge in [0.2, 0.25) is 5.95 Å². The number of carbonyl (C=O) groups excluding carboxylic acids is 1. The van der Waals surface area contributed by atoms with Crippen LogP contribution >= 0.6 is 0 Å². The summed E-state index contributed by atoms with van der Waals surface area (Å²) in [6.45, 7) is 5.98.